The zero-order chi connectivity index (χ0) is 21.0. The molecule has 1 aliphatic heterocycles. The van der Waals surface area contributed by atoms with Gasteiger partial charge in [0.15, 0.2) is 11.5 Å². The summed E-state index contributed by atoms with van der Waals surface area (Å²) in [7, 11) is 0. The summed E-state index contributed by atoms with van der Waals surface area (Å²) < 4.78 is 10.8. The maximum absolute atomic E-state index is 13.1. The molecule has 0 atom stereocenters. The minimum Gasteiger partial charge on any atom is -0.454 e. The maximum atomic E-state index is 13.1. The molecule has 2 aromatic rings. The van der Waals surface area contributed by atoms with E-state index in [1.165, 1.54) is 19.3 Å². The molecule has 4 aliphatic carbocycles. The number of fused-ring (bicyclic) bond motifs is 2. The van der Waals surface area contributed by atoms with E-state index >= 15 is 0 Å². The van der Waals surface area contributed by atoms with Gasteiger partial charge < -0.3 is 20.1 Å². The molecule has 2 N–H and O–H groups in total. The fraction of sp³-hybridized carbons (Fsp3) is 0.542. The lowest BCUT2D eigenvalue weighted by molar-refractivity contribution is -0.146. The molecule has 4 saturated carbocycles. The highest BCUT2D eigenvalue weighted by Gasteiger charge is 2.54. The van der Waals surface area contributed by atoms with E-state index < -0.39 is 0 Å². The first-order valence-electron chi connectivity index (χ1n) is 11.3. The van der Waals surface area contributed by atoms with Crippen molar-refractivity contribution in [2.45, 2.75) is 38.5 Å². The van der Waals surface area contributed by atoms with Crippen LogP contribution in [0.5, 0.6) is 11.5 Å². The number of anilines is 1. The lowest BCUT2D eigenvalue weighted by Crippen LogP contribution is -2.54. The van der Waals surface area contributed by atoms with E-state index in [0.717, 1.165) is 47.9 Å². The van der Waals surface area contributed by atoms with E-state index in [4.69, 9.17) is 9.47 Å². The van der Waals surface area contributed by atoms with Crippen LogP contribution < -0.4 is 20.1 Å². The monoisotopic (exact) mass is 418 g/mol. The largest absolute Gasteiger partial charge is 0.454 e. The van der Waals surface area contributed by atoms with Crippen LogP contribution in [0.4, 0.5) is 5.82 Å². The van der Waals surface area contributed by atoms with E-state index in [0.29, 0.717) is 36.0 Å². The van der Waals surface area contributed by atoms with Gasteiger partial charge in [-0.25, -0.2) is 4.98 Å². The fourth-order valence-electron chi connectivity index (χ4n) is 6.72. The Hall–Kier alpha value is -3.01. The van der Waals surface area contributed by atoms with Crippen LogP contribution in [0, 0.1) is 34.5 Å². The molecule has 0 radical (unpaired) electrons. The van der Waals surface area contributed by atoms with Crippen molar-refractivity contribution in [3.8, 4) is 17.6 Å². The van der Waals surface area contributed by atoms with Gasteiger partial charge in [0.05, 0.1) is 11.1 Å². The minimum atomic E-state index is -0.129. The molecule has 4 fully saturated rings. The molecule has 7 rings (SSSR count). The zero-order valence-electron chi connectivity index (χ0n) is 17.4. The summed E-state index contributed by atoms with van der Waals surface area (Å²) >= 11 is 0. The topological polar surface area (TPSA) is 96.3 Å². The number of benzene rings is 1. The Labute approximate surface area is 181 Å². The maximum Gasteiger partial charge on any atom is 0.231 e. The van der Waals surface area contributed by atoms with Crippen molar-refractivity contribution in [1.29, 1.82) is 5.26 Å². The molecule has 160 valence electrons. The normalized spacial score (nSPS) is 29.7. The highest BCUT2D eigenvalue weighted by molar-refractivity contribution is 5.86. The number of hydrogen-bond acceptors (Lipinski definition) is 6. The Morgan fingerprint density at radius 1 is 1.06 bits per heavy atom. The summed E-state index contributed by atoms with van der Waals surface area (Å²) in [6.07, 6.45) is 7.20. The number of ether oxygens (including phenoxy) is 2. The molecule has 0 spiro atoms. The van der Waals surface area contributed by atoms with Gasteiger partial charge in [-0.3, -0.25) is 4.79 Å². The highest BCUT2D eigenvalue weighted by atomic mass is 16.7. The third-order valence-electron chi connectivity index (χ3n) is 7.65. The SMILES string of the molecule is N#Cc1cc2cc3c(cc2nc1NCCNC(=O)C12CC4CC(CC(C4)C1)C2)OCO3. The van der Waals surface area contributed by atoms with Crippen LogP contribution >= 0.6 is 0 Å². The molecule has 1 aromatic heterocycles. The van der Waals surface area contributed by atoms with Gasteiger partial charge in [-0.05, 0) is 68.4 Å². The first-order valence-corrected chi connectivity index (χ1v) is 11.3. The van der Waals surface area contributed by atoms with Crippen LogP contribution in [-0.4, -0.2) is 30.8 Å². The Kier molecular flexibility index (Phi) is 4.24. The molecule has 5 aliphatic rings. The summed E-state index contributed by atoms with van der Waals surface area (Å²) in [6.45, 7) is 1.24. The first-order chi connectivity index (χ1) is 15.1. The Morgan fingerprint density at radius 3 is 2.42 bits per heavy atom. The van der Waals surface area contributed by atoms with Crippen LogP contribution in [-0.2, 0) is 4.79 Å². The Bertz CT molecular complexity index is 1070. The summed E-state index contributed by atoms with van der Waals surface area (Å²) in [6, 6.07) is 7.70. The van der Waals surface area contributed by atoms with Gasteiger partial charge in [0.25, 0.3) is 0 Å². The van der Waals surface area contributed by atoms with Gasteiger partial charge in [0.1, 0.15) is 11.9 Å². The molecular formula is C24H26N4O3. The second-order valence-corrected chi connectivity index (χ2v) is 9.78. The molecule has 0 unspecified atom stereocenters. The zero-order valence-corrected chi connectivity index (χ0v) is 17.4. The van der Waals surface area contributed by atoms with E-state index in [2.05, 4.69) is 21.7 Å². The lowest BCUT2D eigenvalue weighted by atomic mass is 9.49. The van der Waals surface area contributed by atoms with Gasteiger partial charge in [-0.2, -0.15) is 5.26 Å². The molecule has 7 heteroatoms. The molecule has 4 bridgehead atoms. The predicted octanol–water partition coefficient (Wildman–Crippen LogP) is 3.58. The van der Waals surface area contributed by atoms with Crippen molar-refractivity contribution < 1.29 is 14.3 Å². The third-order valence-corrected chi connectivity index (χ3v) is 7.65. The number of amides is 1. The summed E-state index contributed by atoms with van der Waals surface area (Å²) in [5.41, 5.74) is 1.08. The average Bonchev–Trinajstić information content (AvgIpc) is 3.20. The highest BCUT2D eigenvalue weighted by Crippen LogP contribution is 2.60. The first kappa shape index (κ1) is 18.7. The number of nitriles is 1. The minimum absolute atomic E-state index is 0.129. The number of carbonyl (C=O) groups is 1. The van der Waals surface area contributed by atoms with Crippen LogP contribution in [0.1, 0.15) is 44.1 Å². The second-order valence-electron chi connectivity index (χ2n) is 9.78. The molecule has 31 heavy (non-hydrogen) atoms. The fourth-order valence-corrected chi connectivity index (χ4v) is 6.72. The van der Waals surface area contributed by atoms with Crippen LogP contribution in [0.3, 0.4) is 0 Å². The van der Waals surface area contributed by atoms with Crippen molar-refractivity contribution >= 4 is 22.6 Å². The second kappa shape index (κ2) is 7.01. The van der Waals surface area contributed by atoms with Gasteiger partial charge >= 0.3 is 0 Å². The average molecular weight is 418 g/mol. The van der Waals surface area contributed by atoms with Crippen molar-refractivity contribution in [1.82, 2.24) is 10.3 Å². The standard InChI is InChI=1S/C24H26N4O3/c25-12-18-6-17-7-20-21(31-13-30-20)8-19(17)28-22(18)26-1-2-27-23(29)24-9-14-3-15(10-24)5-16(4-14)11-24/h6-8,14-16H,1-5,9-11,13H2,(H,26,28)(H,27,29). The van der Waals surface area contributed by atoms with Crippen LogP contribution in [0.15, 0.2) is 18.2 Å². The summed E-state index contributed by atoms with van der Waals surface area (Å²) in [5, 5.41) is 16.8. The lowest BCUT2D eigenvalue weighted by Gasteiger charge is -2.55. The molecule has 0 saturated heterocycles. The van der Waals surface area contributed by atoms with E-state index in [-0.39, 0.29) is 18.1 Å². The van der Waals surface area contributed by atoms with Gasteiger partial charge in [-0.15, -0.1) is 0 Å². The number of hydrogen-bond donors (Lipinski definition) is 2. The number of carbonyl (C=O) groups excluding carboxylic acids is 1. The molecule has 2 heterocycles. The number of pyridine rings is 1. The van der Waals surface area contributed by atoms with E-state index in [1.54, 1.807) is 6.07 Å². The Morgan fingerprint density at radius 2 is 1.74 bits per heavy atom. The van der Waals surface area contributed by atoms with Crippen molar-refractivity contribution in [2.24, 2.45) is 23.2 Å². The van der Waals surface area contributed by atoms with Gasteiger partial charge in [0, 0.05) is 30.0 Å². The summed E-state index contributed by atoms with van der Waals surface area (Å²) in [4.78, 5) is 17.7. The van der Waals surface area contributed by atoms with E-state index in [9.17, 15) is 10.1 Å². The Balaban J connectivity index is 1.11. The molecule has 1 amide bonds. The number of rotatable bonds is 5. The molecule has 7 nitrogen and oxygen atoms in total. The van der Waals surface area contributed by atoms with Crippen LogP contribution in [0.2, 0.25) is 0 Å². The quantitative estimate of drug-likeness (QED) is 0.721. The third kappa shape index (κ3) is 3.16. The van der Waals surface area contributed by atoms with E-state index in [1.807, 2.05) is 12.1 Å². The number of aromatic nitrogens is 1. The molecular weight excluding hydrogens is 392 g/mol. The van der Waals surface area contributed by atoms with Gasteiger partial charge in [0.2, 0.25) is 12.7 Å². The van der Waals surface area contributed by atoms with Crippen molar-refractivity contribution in [3.05, 3.63) is 23.8 Å². The number of nitrogens with zero attached hydrogens (tertiary/aromatic N) is 2. The van der Waals surface area contributed by atoms with Crippen molar-refractivity contribution in [2.75, 3.05) is 25.2 Å². The number of nitrogens with one attached hydrogen (secondary N) is 2. The van der Waals surface area contributed by atoms with Crippen molar-refractivity contribution in [3.63, 3.8) is 0 Å². The molecule has 1 aromatic carbocycles. The smallest absolute Gasteiger partial charge is 0.231 e. The van der Waals surface area contributed by atoms with Crippen LogP contribution in [0.25, 0.3) is 10.9 Å². The predicted molar refractivity (Wildman–Crippen MR) is 115 cm³/mol. The van der Waals surface area contributed by atoms with Gasteiger partial charge in [-0.1, -0.05) is 0 Å². The summed E-state index contributed by atoms with van der Waals surface area (Å²) in [5.74, 6) is 4.36.